The molecule has 4 aromatic rings. The summed E-state index contributed by atoms with van der Waals surface area (Å²) in [4.78, 5) is 60.6. The van der Waals surface area contributed by atoms with Crippen molar-refractivity contribution >= 4 is 29.4 Å². The van der Waals surface area contributed by atoms with Crippen LogP contribution in [0.5, 0.6) is 0 Å². The maximum atomic E-state index is 15.3. The fourth-order valence-corrected chi connectivity index (χ4v) is 9.48. The van der Waals surface area contributed by atoms with Gasteiger partial charge >= 0.3 is 0 Å². The van der Waals surface area contributed by atoms with Crippen molar-refractivity contribution in [2.45, 2.75) is 101 Å². The molecule has 310 valence electrons. The van der Waals surface area contributed by atoms with E-state index in [1.165, 1.54) is 16.7 Å². The number of imide groups is 1. The molecule has 8 rings (SSSR count). The summed E-state index contributed by atoms with van der Waals surface area (Å²) in [6, 6.07) is 17.0. The van der Waals surface area contributed by atoms with Crippen LogP contribution >= 0.6 is 0 Å². The highest BCUT2D eigenvalue weighted by atomic mass is 19.1. The predicted molar refractivity (Wildman–Crippen MR) is 221 cm³/mol. The molecule has 0 spiro atoms. The third-order valence-corrected chi connectivity index (χ3v) is 12.8. The molecule has 4 N–H and O–H groups in total. The average Bonchev–Trinajstić information content (AvgIpc) is 3.25. The minimum atomic E-state index is -0.563. The van der Waals surface area contributed by atoms with Gasteiger partial charge in [0.2, 0.25) is 23.7 Å². The van der Waals surface area contributed by atoms with Gasteiger partial charge in [0.15, 0.2) is 5.82 Å². The normalized spacial score (nSPS) is 24.3. The maximum absolute atomic E-state index is 15.3. The molecule has 12 nitrogen and oxygen atoms in total. The Morgan fingerprint density at radius 2 is 1.68 bits per heavy atom. The number of nitrogens with zero attached hydrogens (tertiary/aromatic N) is 4. The van der Waals surface area contributed by atoms with Gasteiger partial charge in [-0.25, -0.2) is 18.7 Å². The maximum Gasteiger partial charge on any atom is 0.255 e. The van der Waals surface area contributed by atoms with Crippen LogP contribution in [0.1, 0.15) is 88.5 Å². The molecule has 3 amide bonds. The van der Waals surface area contributed by atoms with Crippen molar-refractivity contribution in [3.63, 3.8) is 0 Å². The lowest BCUT2D eigenvalue weighted by Gasteiger charge is -2.41. The summed E-state index contributed by atoms with van der Waals surface area (Å²) in [7, 11) is 0. The number of halogens is 2. The van der Waals surface area contributed by atoms with E-state index in [9.17, 15) is 19.2 Å². The van der Waals surface area contributed by atoms with E-state index in [4.69, 9.17) is 0 Å². The molecule has 0 bridgehead atoms. The smallest absolute Gasteiger partial charge is 0.255 e. The van der Waals surface area contributed by atoms with Gasteiger partial charge in [-0.05, 0) is 125 Å². The lowest BCUT2D eigenvalue weighted by molar-refractivity contribution is -0.133. The summed E-state index contributed by atoms with van der Waals surface area (Å²) in [5.41, 5.74) is 2.35. The molecule has 4 fully saturated rings. The van der Waals surface area contributed by atoms with Crippen LogP contribution in [0.4, 0.5) is 20.4 Å². The van der Waals surface area contributed by atoms with Crippen LogP contribution in [0.3, 0.4) is 0 Å². The predicted octanol–water partition coefficient (Wildman–Crippen LogP) is 6.32. The van der Waals surface area contributed by atoms with Gasteiger partial charge in [0, 0.05) is 60.2 Å². The van der Waals surface area contributed by atoms with Crippen molar-refractivity contribution < 1.29 is 23.2 Å². The number of hydrogen-bond acceptors (Lipinski definition) is 9. The van der Waals surface area contributed by atoms with Crippen LogP contribution in [0.25, 0.3) is 16.9 Å². The average molecular weight is 807 g/mol. The van der Waals surface area contributed by atoms with Crippen LogP contribution in [0, 0.1) is 23.5 Å². The Hall–Kier alpha value is -5.50. The lowest BCUT2D eigenvalue weighted by atomic mass is 9.82. The molecule has 59 heavy (non-hydrogen) atoms. The topological polar surface area (TPSA) is 150 Å². The Morgan fingerprint density at radius 3 is 2.46 bits per heavy atom. The van der Waals surface area contributed by atoms with Gasteiger partial charge in [0.1, 0.15) is 17.6 Å². The number of benzene rings is 2. The Morgan fingerprint density at radius 1 is 0.847 bits per heavy atom. The van der Waals surface area contributed by atoms with E-state index < -0.39 is 11.9 Å². The molecular formula is C45H52F2N8O4. The Kier molecular flexibility index (Phi) is 12.4. The summed E-state index contributed by atoms with van der Waals surface area (Å²) in [5.74, 6) is -0.623. The number of carbonyl (C=O) groups is 3. The summed E-state index contributed by atoms with van der Waals surface area (Å²) in [5, 5.41) is 12.0. The van der Waals surface area contributed by atoms with Crippen LogP contribution in [0.2, 0.25) is 0 Å². The van der Waals surface area contributed by atoms with Gasteiger partial charge in [-0.3, -0.25) is 29.1 Å². The molecule has 2 saturated carbocycles. The largest absolute Gasteiger partial charge is 0.374 e. The number of hydrogen-bond donors (Lipinski definition) is 4. The molecule has 2 aliphatic heterocycles. The van der Waals surface area contributed by atoms with Crippen LogP contribution < -0.4 is 26.8 Å². The molecule has 2 saturated heterocycles. The van der Waals surface area contributed by atoms with Crippen LogP contribution in [-0.4, -0.2) is 74.9 Å². The number of likely N-dealkylation sites (tertiary alicyclic amines) is 1. The van der Waals surface area contributed by atoms with Gasteiger partial charge in [0.05, 0.1) is 6.20 Å². The van der Waals surface area contributed by atoms with Crippen molar-refractivity contribution in [2.24, 2.45) is 11.8 Å². The highest BCUT2D eigenvalue weighted by molar-refractivity contribution is 6.01. The first-order valence-electron chi connectivity index (χ1n) is 21.2. The van der Waals surface area contributed by atoms with E-state index in [2.05, 4.69) is 36.1 Å². The number of piperidine rings is 2. The van der Waals surface area contributed by atoms with Gasteiger partial charge in [0.25, 0.3) is 5.56 Å². The summed E-state index contributed by atoms with van der Waals surface area (Å²) < 4.78 is 31.8. The van der Waals surface area contributed by atoms with E-state index in [-0.39, 0.29) is 59.1 Å². The number of carbonyl (C=O) groups excluding carboxylic acids is 3. The van der Waals surface area contributed by atoms with Crippen LogP contribution in [-0.2, 0) is 14.4 Å². The first-order valence-corrected chi connectivity index (χ1v) is 21.2. The quantitative estimate of drug-likeness (QED) is 0.128. The number of aromatic nitrogens is 3. The summed E-state index contributed by atoms with van der Waals surface area (Å²) >= 11 is 0. The highest BCUT2D eigenvalue weighted by Gasteiger charge is 2.33. The van der Waals surface area contributed by atoms with Crippen molar-refractivity contribution in [3.05, 3.63) is 101 Å². The number of rotatable bonds is 11. The third kappa shape index (κ3) is 9.70. The molecule has 4 heterocycles. The molecule has 14 heteroatoms. The fraction of sp³-hybridized carbons (Fsp3) is 0.467. The highest BCUT2D eigenvalue weighted by Crippen LogP contribution is 2.36. The van der Waals surface area contributed by atoms with E-state index in [1.807, 2.05) is 12.1 Å². The SMILES string of the molecule is O=C1CCC(Nc2ccc(C3CCN([C@H]4CC[C@@H](CNC(=O)C5CCCC(Nc6ncc(F)c(-c7cccc(-n8ccccc8=O)c7)n6)C5)CC4)CC3)c(F)c2)C(=O)N1. The van der Waals surface area contributed by atoms with Crippen molar-refractivity contribution in [1.29, 1.82) is 0 Å². The molecular weight excluding hydrogens is 755 g/mol. The van der Waals surface area contributed by atoms with Gasteiger partial charge in [-0.1, -0.05) is 30.7 Å². The van der Waals surface area contributed by atoms with Crippen molar-refractivity contribution in [2.75, 3.05) is 30.3 Å². The van der Waals surface area contributed by atoms with Crippen LogP contribution in [0.15, 0.2) is 77.9 Å². The third-order valence-electron chi connectivity index (χ3n) is 12.8. The second-order valence-corrected chi connectivity index (χ2v) is 16.7. The Labute approximate surface area is 342 Å². The Bertz CT molecular complexity index is 2220. The van der Waals surface area contributed by atoms with E-state index in [0.717, 1.165) is 82.6 Å². The molecule has 4 aliphatic rings. The standard InChI is InChI=1S/C45H52F2N8O4/c46-37-25-33(50-39-16-17-40(56)52-44(39)59)12-15-36(37)29-18-21-54(22-19-29)34-13-10-28(11-14-34)26-48-43(58)31-6-3-7-32(23-31)51-45-49-27-38(47)42(53-45)30-5-4-8-35(24-30)55-20-2-1-9-41(55)57/h1-2,4-5,8-9,12,15,20,24-25,27-29,31-32,34,39,50H,3,6-7,10-11,13-14,16-19,21-23,26H2,(H,48,58)(H,49,51,53)(H,52,56,59)/t28-,31?,32?,34+,39?. The molecule has 2 aromatic heterocycles. The monoisotopic (exact) mass is 806 g/mol. The lowest BCUT2D eigenvalue weighted by Crippen LogP contribution is -2.47. The van der Waals surface area contributed by atoms with E-state index in [0.29, 0.717) is 54.2 Å². The number of anilines is 2. The van der Waals surface area contributed by atoms with Gasteiger partial charge in [-0.2, -0.15) is 0 Å². The number of nitrogens with one attached hydrogen (secondary N) is 4. The zero-order chi connectivity index (χ0) is 40.9. The van der Waals surface area contributed by atoms with E-state index >= 15 is 8.78 Å². The molecule has 0 radical (unpaired) electrons. The first kappa shape index (κ1) is 40.3. The number of amides is 3. The minimum Gasteiger partial charge on any atom is -0.374 e. The van der Waals surface area contributed by atoms with E-state index in [1.54, 1.807) is 42.6 Å². The summed E-state index contributed by atoms with van der Waals surface area (Å²) in [6.45, 7) is 2.53. The second-order valence-electron chi connectivity index (χ2n) is 16.7. The summed E-state index contributed by atoms with van der Waals surface area (Å²) in [6.07, 6.45) is 12.8. The number of pyridine rings is 1. The zero-order valence-electron chi connectivity index (χ0n) is 33.2. The van der Waals surface area contributed by atoms with Gasteiger partial charge in [-0.15, -0.1) is 0 Å². The molecule has 2 aromatic carbocycles. The minimum absolute atomic E-state index is 0.0236. The molecule has 2 aliphatic carbocycles. The fourth-order valence-electron chi connectivity index (χ4n) is 9.48. The molecule has 3 atom stereocenters. The van der Waals surface area contributed by atoms with Gasteiger partial charge < -0.3 is 20.9 Å². The second kappa shape index (κ2) is 18.2. The zero-order valence-corrected chi connectivity index (χ0v) is 33.2. The van der Waals surface area contributed by atoms with Crippen molar-refractivity contribution in [3.8, 4) is 16.9 Å². The first-order chi connectivity index (χ1) is 28.7. The van der Waals surface area contributed by atoms with Crippen molar-refractivity contribution in [1.82, 2.24) is 30.1 Å². The Balaban J connectivity index is 0.768. The molecule has 3 unspecified atom stereocenters.